The molecule has 1 amide bonds. The summed E-state index contributed by atoms with van der Waals surface area (Å²) in [6, 6.07) is 34.5. The van der Waals surface area contributed by atoms with Crippen LogP contribution in [0.4, 0.5) is 5.69 Å². The van der Waals surface area contributed by atoms with Crippen molar-refractivity contribution in [3.8, 4) is 0 Å². The maximum atomic E-state index is 13.7. The van der Waals surface area contributed by atoms with Crippen LogP contribution in [0.5, 0.6) is 0 Å². The Kier molecular flexibility index (Phi) is 4.97. The fraction of sp³-hybridized carbons (Fsp3) is 0.0968. The molecular formula is C31H23NO3. The van der Waals surface area contributed by atoms with Gasteiger partial charge in [-0.3, -0.25) is 9.59 Å². The van der Waals surface area contributed by atoms with Gasteiger partial charge in [0.2, 0.25) is 0 Å². The highest BCUT2D eigenvalue weighted by molar-refractivity contribution is 6.11. The van der Waals surface area contributed by atoms with Crippen LogP contribution in [0.3, 0.4) is 0 Å². The number of amides is 1. The minimum absolute atomic E-state index is 0.270. The molecule has 1 heterocycles. The highest BCUT2D eigenvalue weighted by Gasteiger charge is 2.50. The van der Waals surface area contributed by atoms with Gasteiger partial charge >= 0.3 is 0 Å². The molecule has 4 heteroatoms. The van der Waals surface area contributed by atoms with E-state index < -0.39 is 11.5 Å². The van der Waals surface area contributed by atoms with Crippen molar-refractivity contribution in [2.45, 2.75) is 18.6 Å². The predicted molar refractivity (Wildman–Crippen MR) is 138 cm³/mol. The van der Waals surface area contributed by atoms with Crippen LogP contribution in [0.1, 0.15) is 27.9 Å². The number of carbonyl (C=O) groups is 2. The standard InChI is InChI=1S/C31H23NO3/c33-29(24-17-16-21-8-1-2-10-23(21)18-24)19-31(35)27-14-5-6-15-28(27)32(30(31)34)20-25-12-7-11-22-9-3-4-13-26(22)25/h1-18,35H,19-20H2/t31-/m1/s1. The molecule has 0 saturated heterocycles. The number of hydrogen-bond acceptors (Lipinski definition) is 3. The first kappa shape index (κ1) is 21.3. The number of anilines is 1. The maximum absolute atomic E-state index is 13.7. The Balaban J connectivity index is 1.36. The smallest absolute Gasteiger partial charge is 0.264 e. The van der Waals surface area contributed by atoms with Crippen LogP contribution >= 0.6 is 0 Å². The van der Waals surface area contributed by atoms with E-state index in [1.165, 1.54) is 0 Å². The number of benzene rings is 5. The molecule has 1 N–H and O–H groups in total. The average Bonchev–Trinajstić information content (AvgIpc) is 3.10. The Morgan fingerprint density at radius 2 is 1.43 bits per heavy atom. The fourth-order valence-corrected chi connectivity index (χ4v) is 5.13. The van der Waals surface area contributed by atoms with E-state index in [9.17, 15) is 14.7 Å². The summed E-state index contributed by atoms with van der Waals surface area (Å²) >= 11 is 0. The topological polar surface area (TPSA) is 57.6 Å². The Labute approximate surface area is 203 Å². The van der Waals surface area contributed by atoms with E-state index in [2.05, 4.69) is 0 Å². The summed E-state index contributed by atoms with van der Waals surface area (Å²) in [6.45, 7) is 0.309. The van der Waals surface area contributed by atoms with E-state index in [0.717, 1.165) is 27.1 Å². The zero-order chi connectivity index (χ0) is 24.0. The zero-order valence-corrected chi connectivity index (χ0v) is 19.0. The van der Waals surface area contributed by atoms with Gasteiger partial charge in [-0.2, -0.15) is 0 Å². The number of aliphatic hydroxyl groups is 1. The summed E-state index contributed by atoms with van der Waals surface area (Å²) in [6.07, 6.45) is -0.312. The summed E-state index contributed by atoms with van der Waals surface area (Å²) < 4.78 is 0. The Bertz CT molecular complexity index is 1620. The molecule has 0 unspecified atom stereocenters. The number of fused-ring (bicyclic) bond motifs is 3. The second-order valence-electron chi connectivity index (χ2n) is 9.07. The van der Waals surface area contributed by atoms with E-state index in [0.29, 0.717) is 23.4 Å². The molecule has 0 fully saturated rings. The third-order valence-corrected chi connectivity index (χ3v) is 6.94. The maximum Gasteiger partial charge on any atom is 0.264 e. The average molecular weight is 458 g/mol. The first-order valence-corrected chi connectivity index (χ1v) is 11.7. The van der Waals surface area contributed by atoms with Crippen molar-refractivity contribution < 1.29 is 14.7 Å². The predicted octanol–water partition coefficient (Wildman–Crippen LogP) is 6.00. The quantitative estimate of drug-likeness (QED) is 0.329. The molecule has 170 valence electrons. The van der Waals surface area contributed by atoms with Gasteiger partial charge in [0, 0.05) is 11.1 Å². The van der Waals surface area contributed by atoms with Crippen LogP contribution in [0, 0.1) is 0 Å². The van der Waals surface area contributed by atoms with Gasteiger partial charge in [-0.05, 0) is 39.2 Å². The number of nitrogens with zero attached hydrogens (tertiary/aromatic N) is 1. The lowest BCUT2D eigenvalue weighted by Gasteiger charge is -2.23. The summed E-state index contributed by atoms with van der Waals surface area (Å²) in [4.78, 5) is 28.6. The number of hydrogen-bond donors (Lipinski definition) is 1. The molecule has 0 aromatic heterocycles. The van der Waals surface area contributed by atoms with Crippen LogP contribution in [0.2, 0.25) is 0 Å². The van der Waals surface area contributed by atoms with Gasteiger partial charge in [0.25, 0.3) is 5.91 Å². The minimum Gasteiger partial charge on any atom is -0.375 e. The summed E-state index contributed by atoms with van der Waals surface area (Å²) in [7, 11) is 0. The second-order valence-corrected chi connectivity index (χ2v) is 9.07. The minimum atomic E-state index is -1.91. The highest BCUT2D eigenvalue weighted by atomic mass is 16.3. The van der Waals surface area contributed by atoms with Crippen molar-refractivity contribution in [1.29, 1.82) is 0 Å². The van der Waals surface area contributed by atoms with Gasteiger partial charge in [0.05, 0.1) is 18.7 Å². The highest BCUT2D eigenvalue weighted by Crippen LogP contribution is 2.44. The molecule has 0 aliphatic carbocycles. The van der Waals surface area contributed by atoms with Crippen LogP contribution < -0.4 is 4.90 Å². The number of ketones is 1. The van der Waals surface area contributed by atoms with Gasteiger partial charge < -0.3 is 10.0 Å². The van der Waals surface area contributed by atoms with Crippen LogP contribution in [-0.4, -0.2) is 16.8 Å². The van der Waals surface area contributed by atoms with Crippen LogP contribution in [0.15, 0.2) is 109 Å². The van der Waals surface area contributed by atoms with E-state index in [-0.39, 0.29) is 12.2 Å². The molecule has 1 aliphatic heterocycles. The normalized spacial score (nSPS) is 17.2. The molecule has 1 aliphatic rings. The number of Topliss-reactive ketones (excluding diaryl/α,β-unsaturated/α-hetero) is 1. The van der Waals surface area contributed by atoms with Crippen molar-refractivity contribution in [2.24, 2.45) is 0 Å². The first-order valence-electron chi connectivity index (χ1n) is 11.7. The van der Waals surface area contributed by atoms with Gasteiger partial charge in [0.15, 0.2) is 11.4 Å². The zero-order valence-electron chi connectivity index (χ0n) is 19.0. The Hall–Kier alpha value is -4.28. The molecule has 0 spiro atoms. The van der Waals surface area contributed by atoms with E-state index in [1.54, 1.807) is 23.1 Å². The molecule has 4 nitrogen and oxygen atoms in total. The molecule has 0 saturated carbocycles. The largest absolute Gasteiger partial charge is 0.375 e. The van der Waals surface area contributed by atoms with Crippen molar-refractivity contribution in [3.05, 3.63) is 126 Å². The molecule has 6 rings (SSSR count). The first-order chi connectivity index (χ1) is 17.0. The third kappa shape index (κ3) is 3.50. The van der Waals surface area contributed by atoms with Crippen molar-refractivity contribution in [3.63, 3.8) is 0 Å². The van der Waals surface area contributed by atoms with Crippen molar-refractivity contribution >= 4 is 38.9 Å². The fourth-order valence-electron chi connectivity index (χ4n) is 5.13. The van der Waals surface area contributed by atoms with E-state index in [4.69, 9.17) is 0 Å². The second kappa shape index (κ2) is 8.19. The Morgan fingerprint density at radius 3 is 2.29 bits per heavy atom. The molecule has 5 aromatic carbocycles. The van der Waals surface area contributed by atoms with Gasteiger partial charge in [-0.15, -0.1) is 0 Å². The molecule has 35 heavy (non-hydrogen) atoms. The van der Waals surface area contributed by atoms with E-state index >= 15 is 0 Å². The Morgan fingerprint density at radius 1 is 0.743 bits per heavy atom. The number of para-hydroxylation sites is 1. The number of carbonyl (C=O) groups excluding carboxylic acids is 2. The lowest BCUT2D eigenvalue weighted by molar-refractivity contribution is -0.136. The van der Waals surface area contributed by atoms with E-state index in [1.807, 2.05) is 91.0 Å². The monoisotopic (exact) mass is 457 g/mol. The SMILES string of the molecule is O=C(C[C@]1(O)C(=O)N(Cc2cccc3ccccc23)c2ccccc21)c1ccc2ccccc2c1. The number of rotatable bonds is 5. The lowest BCUT2D eigenvalue weighted by atomic mass is 9.87. The summed E-state index contributed by atoms with van der Waals surface area (Å²) in [5, 5.41) is 15.8. The third-order valence-electron chi connectivity index (χ3n) is 6.94. The molecule has 5 aromatic rings. The van der Waals surface area contributed by atoms with Gasteiger partial charge in [-0.25, -0.2) is 0 Å². The molecular weight excluding hydrogens is 434 g/mol. The lowest BCUT2D eigenvalue weighted by Crippen LogP contribution is -2.41. The van der Waals surface area contributed by atoms with Crippen LogP contribution in [0.25, 0.3) is 21.5 Å². The van der Waals surface area contributed by atoms with Gasteiger partial charge in [0.1, 0.15) is 0 Å². The molecule has 1 atom stereocenters. The molecule has 0 bridgehead atoms. The van der Waals surface area contributed by atoms with Crippen molar-refractivity contribution in [1.82, 2.24) is 0 Å². The summed E-state index contributed by atoms with van der Waals surface area (Å²) in [5.41, 5.74) is 0.661. The molecule has 0 radical (unpaired) electrons. The van der Waals surface area contributed by atoms with Crippen LogP contribution in [-0.2, 0) is 16.9 Å². The summed E-state index contributed by atoms with van der Waals surface area (Å²) in [5.74, 6) is -0.741. The van der Waals surface area contributed by atoms with Crippen molar-refractivity contribution in [2.75, 3.05) is 4.90 Å². The van der Waals surface area contributed by atoms with Gasteiger partial charge in [-0.1, -0.05) is 97.1 Å².